The maximum Gasteiger partial charge on any atom is 0.122 e. The molecule has 0 bridgehead atoms. The molecule has 0 saturated carbocycles. The van der Waals surface area contributed by atoms with Gasteiger partial charge in [0.05, 0.1) is 16.7 Å². The molecule has 0 aliphatic rings. The number of thiazole rings is 1. The Balaban J connectivity index is 2.95. The van der Waals surface area contributed by atoms with E-state index in [-0.39, 0.29) is 6.10 Å². The van der Waals surface area contributed by atoms with Crippen molar-refractivity contribution >= 4 is 11.3 Å². The van der Waals surface area contributed by atoms with Crippen molar-refractivity contribution in [3.63, 3.8) is 0 Å². The second-order valence-corrected chi connectivity index (χ2v) is 4.12. The molecule has 0 aromatic carbocycles. The van der Waals surface area contributed by atoms with Crippen LogP contribution in [-0.2, 0) is 4.74 Å². The highest BCUT2D eigenvalue weighted by Crippen LogP contribution is 2.29. The molecular weight excluding hydrogens is 186 g/mol. The first-order chi connectivity index (χ1) is 6.06. The number of hydrogen-bond acceptors (Lipinski definition) is 4. The van der Waals surface area contributed by atoms with Crippen molar-refractivity contribution in [2.45, 2.75) is 33.0 Å². The summed E-state index contributed by atoms with van der Waals surface area (Å²) in [6, 6.07) is 0. The third-order valence-electron chi connectivity index (χ3n) is 1.93. The second-order valence-electron chi connectivity index (χ2n) is 3.06. The van der Waals surface area contributed by atoms with E-state index in [1.807, 2.05) is 13.8 Å². The molecule has 1 aromatic rings. The normalized spacial score (nSPS) is 15.8. The Morgan fingerprint density at radius 3 is 2.46 bits per heavy atom. The average Bonchev–Trinajstić information content (AvgIpc) is 2.46. The average molecular weight is 201 g/mol. The third kappa shape index (κ3) is 2.27. The van der Waals surface area contributed by atoms with E-state index in [9.17, 15) is 5.11 Å². The van der Waals surface area contributed by atoms with Crippen molar-refractivity contribution in [3.8, 4) is 0 Å². The fraction of sp³-hybridized carbons (Fsp3) is 0.667. The summed E-state index contributed by atoms with van der Waals surface area (Å²) in [6.07, 6.45) is -0.425. The van der Waals surface area contributed by atoms with Crippen molar-refractivity contribution in [1.29, 1.82) is 0 Å². The molecule has 0 amide bonds. The predicted octanol–water partition coefficient (Wildman–Crippen LogP) is 2.21. The number of aryl methyl sites for hydroxylation is 1. The van der Waals surface area contributed by atoms with Crippen molar-refractivity contribution in [2.24, 2.45) is 0 Å². The van der Waals surface area contributed by atoms with Crippen LogP contribution in [0.5, 0.6) is 0 Å². The fourth-order valence-corrected chi connectivity index (χ4v) is 2.13. The lowest BCUT2D eigenvalue weighted by Crippen LogP contribution is -1.94. The SMILES string of the molecule is COC(C)c1nc(C)c(C(C)O)s1. The van der Waals surface area contributed by atoms with Crippen molar-refractivity contribution in [3.05, 3.63) is 15.6 Å². The standard InChI is InChI=1S/C9H15NO2S/c1-5-8(6(2)11)13-9(10-5)7(3)12-4/h6-7,11H,1-4H3. The Morgan fingerprint density at radius 1 is 1.46 bits per heavy atom. The quantitative estimate of drug-likeness (QED) is 0.815. The molecular formula is C9H15NO2S. The number of nitrogens with zero attached hydrogens (tertiary/aromatic N) is 1. The fourth-order valence-electron chi connectivity index (χ4n) is 1.09. The molecule has 1 N–H and O–H groups in total. The maximum atomic E-state index is 9.40. The molecule has 0 radical (unpaired) electrons. The van der Waals surface area contributed by atoms with Gasteiger partial charge < -0.3 is 9.84 Å². The second kappa shape index (κ2) is 4.17. The largest absolute Gasteiger partial charge is 0.388 e. The van der Waals surface area contributed by atoms with Crippen LogP contribution in [0, 0.1) is 6.92 Å². The van der Waals surface area contributed by atoms with Gasteiger partial charge in [0.1, 0.15) is 11.1 Å². The van der Waals surface area contributed by atoms with Crippen LogP contribution in [0.4, 0.5) is 0 Å². The van der Waals surface area contributed by atoms with Gasteiger partial charge in [-0.3, -0.25) is 0 Å². The van der Waals surface area contributed by atoms with E-state index in [2.05, 4.69) is 4.98 Å². The van der Waals surface area contributed by atoms with Gasteiger partial charge >= 0.3 is 0 Å². The maximum absolute atomic E-state index is 9.40. The number of hydrogen-bond donors (Lipinski definition) is 1. The van der Waals surface area contributed by atoms with E-state index in [0.29, 0.717) is 0 Å². The molecule has 1 rings (SSSR count). The third-order valence-corrected chi connectivity index (χ3v) is 3.42. The molecule has 4 heteroatoms. The van der Waals surface area contributed by atoms with Gasteiger partial charge in [-0.25, -0.2) is 4.98 Å². The van der Waals surface area contributed by atoms with Crippen molar-refractivity contribution < 1.29 is 9.84 Å². The number of aromatic nitrogens is 1. The van der Waals surface area contributed by atoms with Crippen molar-refractivity contribution in [1.82, 2.24) is 4.98 Å². The minimum Gasteiger partial charge on any atom is -0.388 e. The molecule has 74 valence electrons. The van der Waals surface area contributed by atoms with Gasteiger partial charge in [-0.05, 0) is 20.8 Å². The number of methoxy groups -OCH3 is 1. The summed E-state index contributed by atoms with van der Waals surface area (Å²) >= 11 is 1.51. The van der Waals surface area contributed by atoms with Gasteiger partial charge in [0.25, 0.3) is 0 Å². The van der Waals surface area contributed by atoms with Crippen LogP contribution in [0.2, 0.25) is 0 Å². The summed E-state index contributed by atoms with van der Waals surface area (Å²) in [5.74, 6) is 0. The molecule has 0 fully saturated rings. The lowest BCUT2D eigenvalue weighted by atomic mass is 10.3. The summed E-state index contributed by atoms with van der Waals surface area (Å²) in [5.41, 5.74) is 0.902. The first-order valence-electron chi connectivity index (χ1n) is 4.24. The minimum atomic E-state index is -0.435. The lowest BCUT2D eigenvalue weighted by molar-refractivity contribution is 0.119. The highest BCUT2D eigenvalue weighted by Gasteiger charge is 2.15. The number of aliphatic hydroxyl groups is 1. The van der Waals surface area contributed by atoms with E-state index in [1.165, 1.54) is 11.3 Å². The molecule has 1 aromatic heterocycles. The molecule has 0 aliphatic heterocycles. The van der Waals surface area contributed by atoms with E-state index in [0.717, 1.165) is 15.6 Å². The topological polar surface area (TPSA) is 42.4 Å². The molecule has 13 heavy (non-hydrogen) atoms. The van der Waals surface area contributed by atoms with Crippen LogP contribution < -0.4 is 0 Å². The first-order valence-corrected chi connectivity index (χ1v) is 5.06. The van der Waals surface area contributed by atoms with Gasteiger partial charge in [0, 0.05) is 7.11 Å². The zero-order valence-corrected chi connectivity index (χ0v) is 9.18. The van der Waals surface area contributed by atoms with E-state index < -0.39 is 6.10 Å². The smallest absolute Gasteiger partial charge is 0.122 e. The molecule has 0 aliphatic carbocycles. The van der Waals surface area contributed by atoms with Crippen LogP contribution in [0.3, 0.4) is 0 Å². The summed E-state index contributed by atoms with van der Waals surface area (Å²) in [6.45, 7) is 5.61. The van der Waals surface area contributed by atoms with Crippen LogP contribution in [0.1, 0.15) is 41.6 Å². The van der Waals surface area contributed by atoms with Gasteiger partial charge in [-0.1, -0.05) is 0 Å². The zero-order chi connectivity index (χ0) is 10.0. The van der Waals surface area contributed by atoms with Gasteiger partial charge in [-0.2, -0.15) is 0 Å². The van der Waals surface area contributed by atoms with Gasteiger partial charge in [-0.15, -0.1) is 11.3 Å². The highest BCUT2D eigenvalue weighted by atomic mass is 32.1. The molecule has 2 unspecified atom stereocenters. The van der Waals surface area contributed by atoms with Crippen LogP contribution in [-0.4, -0.2) is 17.2 Å². The summed E-state index contributed by atoms with van der Waals surface area (Å²) in [7, 11) is 1.66. The molecule has 2 atom stereocenters. The Labute approximate surface area is 82.4 Å². The monoisotopic (exact) mass is 201 g/mol. The summed E-state index contributed by atoms with van der Waals surface area (Å²) in [4.78, 5) is 5.27. The highest BCUT2D eigenvalue weighted by molar-refractivity contribution is 7.11. The Bertz CT molecular complexity index is 283. The van der Waals surface area contributed by atoms with Crippen LogP contribution in [0.25, 0.3) is 0 Å². The summed E-state index contributed by atoms with van der Waals surface area (Å²) < 4.78 is 5.15. The summed E-state index contributed by atoms with van der Waals surface area (Å²) in [5, 5.41) is 10.3. The predicted molar refractivity (Wildman–Crippen MR) is 52.9 cm³/mol. The van der Waals surface area contributed by atoms with Crippen LogP contribution >= 0.6 is 11.3 Å². The van der Waals surface area contributed by atoms with E-state index >= 15 is 0 Å². The zero-order valence-electron chi connectivity index (χ0n) is 8.37. The molecule has 0 spiro atoms. The molecule has 1 heterocycles. The minimum absolute atomic E-state index is 0.0104. The van der Waals surface area contributed by atoms with Gasteiger partial charge in [0.2, 0.25) is 0 Å². The molecule has 3 nitrogen and oxygen atoms in total. The number of ether oxygens (including phenoxy) is 1. The number of aliphatic hydroxyl groups excluding tert-OH is 1. The van der Waals surface area contributed by atoms with Crippen LogP contribution in [0.15, 0.2) is 0 Å². The number of rotatable bonds is 3. The Hall–Kier alpha value is -0.450. The van der Waals surface area contributed by atoms with Crippen molar-refractivity contribution in [2.75, 3.05) is 7.11 Å². The molecule has 0 saturated heterocycles. The lowest BCUT2D eigenvalue weighted by Gasteiger charge is -2.03. The Kier molecular flexibility index (Phi) is 3.41. The first kappa shape index (κ1) is 10.6. The Morgan fingerprint density at radius 2 is 2.08 bits per heavy atom. The van der Waals surface area contributed by atoms with E-state index in [4.69, 9.17) is 4.74 Å². The van der Waals surface area contributed by atoms with Gasteiger partial charge in [0.15, 0.2) is 0 Å². The van der Waals surface area contributed by atoms with E-state index in [1.54, 1.807) is 14.0 Å².